The van der Waals surface area contributed by atoms with Crippen molar-refractivity contribution in [2.75, 3.05) is 13.2 Å². The zero-order valence-corrected chi connectivity index (χ0v) is 21.8. The van der Waals surface area contributed by atoms with Gasteiger partial charge in [0.25, 0.3) is 0 Å². The molecule has 0 saturated carbocycles. The molecule has 1 aromatic heterocycles. The number of aryl methyl sites for hydroxylation is 1. The van der Waals surface area contributed by atoms with E-state index in [0.29, 0.717) is 16.8 Å². The van der Waals surface area contributed by atoms with E-state index < -0.39 is 11.8 Å². The van der Waals surface area contributed by atoms with Crippen molar-refractivity contribution in [1.82, 2.24) is 4.98 Å². The maximum atomic E-state index is 15.3. The molecule has 2 aromatic carbocycles. The van der Waals surface area contributed by atoms with Gasteiger partial charge in [0.2, 0.25) is 5.90 Å². The molecule has 0 unspecified atom stereocenters. The molecule has 0 aliphatic carbocycles. The lowest BCUT2D eigenvalue weighted by Gasteiger charge is -2.13. The Bertz CT molecular complexity index is 1410. The van der Waals surface area contributed by atoms with Crippen LogP contribution in [0.3, 0.4) is 0 Å². The summed E-state index contributed by atoms with van der Waals surface area (Å²) in [6.07, 6.45) is 0.127. The number of aromatic amines is 1. The number of carbonyl (C=O) groups excluding carboxylic acids is 1. The van der Waals surface area contributed by atoms with E-state index >= 15 is 4.39 Å². The highest BCUT2D eigenvalue weighted by molar-refractivity contribution is 6.32. The maximum Gasteiger partial charge on any atom is 0.355 e. The van der Waals surface area contributed by atoms with Crippen LogP contribution in [0.4, 0.5) is 4.39 Å². The van der Waals surface area contributed by atoms with Crippen molar-refractivity contribution >= 4 is 41.8 Å². The fourth-order valence-electron chi connectivity index (χ4n) is 3.62. The van der Waals surface area contributed by atoms with E-state index in [-0.39, 0.29) is 63.9 Å². The summed E-state index contributed by atoms with van der Waals surface area (Å²) < 4.78 is 31.9. The van der Waals surface area contributed by atoms with Gasteiger partial charge in [0.05, 0.1) is 35.4 Å². The first-order valence-electron chi connectivity index (χ1n) is 11.1. The van der Waals surface area contributed by atoms with Crippen molar-refractivity contribution in [2.45, 2.75) is 27.2 Å². The molecule has 0 amide bonds. The van der Waals surface area contributed by atoms with Crippen LogP contribution in [0.15, 0.2) is 40.5 Å². The zero-order chi connectivity index (χ0) is 27.1. The molecule has 0 saturated heterocycles. The Labute approximate surface area is 223 Å². The summed E-state index contributed by atoms with van der Waals surface area (Å²) in [5.74, 6) is -1.11. The number of hydrogen-bond donors (Lipinski definition) is 1. The SMILES string of the molecule is C=N/N=C(\OCCc1ccc(Cl)c(Oc2cc(Cl)cc(C#N)c2)c1F)c1c(C)[nH]c(C(=O)OCC)c1C. The van der Waals surface area contributed by atoms with Crippen LogP contribution >= 0.6 is 23.2 Å². The number of benzene rings is 2. The van der Waals surface area contributed by atoms with E-state index in [0.717, 1.165) is 0 Å². The highest BCUT2D eigenvalue weighted by atomic mass is 35.5. The number of nitrogens with zero attached hydrogens (tertiary/aromatic N) is 3. The molecule has 0 fully saturated rings. The number of halogens is 3. The minimum atomic E-state index is -0.687. The van der Waals surface area contributed by atoms with Gasteiger partial charge in [-0.05, 0) is 56.2 Å². The number of nitriles is 1. The summed E-state index contributed by atoms with van der Waals surface area (Å²) in [5.41, 5.74) is 2.53. The quantitative estimate of drug-likeness (QED) is 0.142. The molecule has 0 radical (unpaired) electrons. The first-order chi connectivity index (χ1) is 17.7. The second-order valence-electron chi connectivity index (χ2n) is 7.73. The average molecular weight is 545 g/mol. The molecule has 3 aromatic rings. The van der Waals surface area contributed by atoms with E-state index in [1.54, 1.807) is 20.8 Å². The Morgan fingerprint density at radius 2 is 1.97 bits per heavy atom. The number of H-pyrrole nitrogens is 1. The van der Waals surface area contributed by atoms with Gasteiger partial charge < -0.3 is 19.2 Å². The van der Waals surface area contributed by atoms with Crippen LogP contribution in [0.2, 0.25) is 10.0 Å². The Balaban J connectivity index is 1.80. The Kier molecular flexibility index (Phi) is 9.28. The largest absolute Gasteiger partial charge is 0.476 e. The Morgan fingerprint density at radius 1 is 1.22 bits per heavy atom. The molecule has 192 valence electrons. The summed E-state index contributed by atoms with van der Waals surface area (Å²) in [7, 11) is 0. The number of esters is 1. The van der Waals surface area contributed by atoms with Crippen LogP contribution in [0, 0.1) is 31.0 Å². The molecular formula is C26H23Cl2FN4O4. The first kappa shape index (κ1) is 27.7. The number of carbonyl (C=O) groups is 1. The molecule has 37 heavy (non-hydrogen) atoms. The molecule has 8 nitrogen and oxygen atoms in total. The molecule has 0 aliphatic rings. The second kappa shape index (κ2) is 12.4. The Hall–Kier alpha value is -3.87. The van der Waals surface area contributed by atoms with Crippen LogP contribution in [0.5, 0.6) is 11.5 Å². The normalized spacial score (nSPS) is 11.1. The number of hydrogen-bond acceptors (Lipinski definition) is 7. The topological polar surface area (TPSA) is 109 Å². The predicted molar refractivity (Wildman–Crippen MR) is 140 cm³/mol. The molecule has 1 N–H and O–H groups in total. The fourth-order valence-corrected chi connectivity index (χ4v) is 4.02. The van der Waals surface area contributed by atoms with Crippen LogP contribution < -0.4 is 4.74 Å². The minimum absolute atomic E-state index is 0.0148. The lowest BCUT2D eigenvalue weighted by atomic mass is 10.1. The minimum Gasteiger partial charge on any atom is -0.476 e. The van der Waals surface area contributed by atoms with Crippen molar-refractivity contribution in [2.24, 2.45) is 10.2 Å². The van der Waals surface area contributed by atoms with Gasteiger partial charge in [-0.1, -0.05) is 29.3 Å². The third-order valence-corrected chi connectivity index (χ3v) is 5.77. The van der Waals surface area contributed by atoms with Crippen LogP contribution in [0.25, 0.3) is 0 Å². The molecule has 3 rings (SSSR count). The first-order valence-corrected chi connectivity index (χ1v) is 11.8. The van der Waals surface area contributed by atoms with E-state index in [9.17, 15) is 4.79 Å². The van der Waals surface area contributed by atoms with Crippen molar-refractivity contribution in [3.05, 3.63) is 79.8 Å². The Morgan fingerprint density at radius 3 is 2.65 bits per heavy atom. The molecule has 0 atom stereocenters. The number of rotatable bonds is 9. The molecule has 0 bridgehead atoms. The van der Waals surface area contributed by atoms with Crippen LogP contribution in [-0.2, 0) is 15.9 Å². The average Bonchev–Trinajstić information content (AvgIpc) is 3.16. The van der Waals surface area contributed by atoms with Crippen LogP contribution in [0.1, 0.15) is 45.4 Å². The van der Waals surface area contributed by atoms with Crippen LogP contribution in [-0.4, -0.2) is 36.8 Å². The van der Waals surface area contributed by atoms with Gasteiger partial charge in [-0.3, -0.25) is 0 Å². The summed E-state index contributed by atoms with van der Waals surface area (Å²) in [5, 5.41) is 17.0. The molecule has 1 heterocycles. The molecular weight excluding hydrogens is 522 g/mol. The van der Waals surface area contributed by atoms with Gasteiger partial charge in [0.1, 0.15) is 11.4 Å². The van der Waals surface area contributed by atoms with Gasteiger partial charge in [-0.15, -0.1) is 5.10 Å². The predicted octanol–water partition coefficient (Wildman–Crippen LogP) is 6.54. The summed E-state index contributed by atoms with van der Waals surface area (Å²) in [6, 6.07) is 9.31. The summed E-state index contributed by atoms with van der Waals surface area (Å²) >= 11 is 12.2. The van der Waals surface area contributed by atoms with Gasteiger partial charge >= 0.3 is 5.97 Å². The standard InChI is InChI=1S/C26H23Cl2FN4O4/c1-5-35-26(34)23-14(2)21(15(3)32-23)25(33-31-4)36-9-8-17-6-7-20(28)24(22(17)29)37-19-11-16(13-30)10-18(27)12-19/h6-7,10-12,32H,4-5,8-9H2,1-3H3/b33-25-. The fraction of sp³-hybridized carbons (Fsp3) is 0.231. The number of nitrogens with one attached hydrogen (secondary N) is 1. The lowest BCUT2D eigenvalue weighted by Crippen LogP contribution is -2.12. The highest BCUT2D eigenvalue weighted by Crippen LogP contribution is 2.35. The highest BCUT2D eigenvalue weighted by Gasteiger charge is 2.23. The van der Waals surface area contributed by atoms with E-state index in [2.05, 4.69) is 21.9 Å². The third kappa shape index (κ3) is 6.47. The third-order valence-electron chi connectivity index (χ3n) is 5.25. The summed E-state index contributed by atoms with van der Waals surface area (Å²) in [6.45, 7) is 8.81. The van der Waals surface area contributed by atoms with Crippen molar-refractivity contribution < 1.29 is 23.4 Å². The van der Waals surface area contributed by atoms with Gasteiger partial charge in [0.15, 0.2) is 11.6 Å². The maximum absolute atomic E-state index is 15.3. The number of ether oxygens (including phenoxy) is 3. The van der Waals surface area contributed by atoms with Crippen molar-refractivity contribution in [3.63, 3.8) is 0 Å². The number of aromatic nitrogens is 1. The van der Waals surface area contributed by atoms with Gasteiger partial charge in [-0.2, -0.15) is 10.4 Å². The molecule has 0 aliphatic heterocycles. The van der Waals surface area contributed by atoms with Crippen molar-refractivity contribution in [1.29, 1.82) is 5.26 Å². The van der Waals surface area contributed by atoms with Gasteiger partial charge in [0, 0.05) is 23.9 Å². The molecule has 0 spiro atoms. The lowest BCUT2D eigenvalue weighted by molar-refractivity contribution is 0.0519. The van der Waals surface area contributed by atoms with E-state index in [4.69, 9.17) is 42.7 Å². The second-order valence-corrected chi connectivity index (χ2v) is 8.57. The molecule has 11 heteroatoms. The smallest absolute Gasteiger partial charge is 0.355 e. The monoisotopic (exact) mass is 544 g/mol. The zero-order valence-electron chi connectivity index (χ0n) is 20.3. The summed E-state index contributed by atoms with van der Waals surface area (Å²) in [4.78, 5) is 15.2. The van der Waals surface area contributed by atoms with E-state index in [1.807, 2.05) is 6.07 Å². The van der Waals surface area contributed by atoms with E-state index in [1.165, 1.54) is 30.3 Å². The van der Waals surface area contributed by atoms with Crippen molar-refractivity contribution in [3.8, 4) is 17.6 Å². The van der Waals surface area contributed by atoms with Gasteiger partial charge in [-0.25, -0.2) is 9.18 Å².